The molecule has 1 atom stereocenters. The summed E-state index contributed by atoms with van der Waals surface area (Å²) in [5.74, 6) is -1.67. The molecule has 0 aromatic heterocycles. The van der Waals surface area contributed by atoms with E-state index in [1.807, 2.05) is 6.07 Å². The first-order valence-corrected chi connectivity index (χ1v) is 10.9. The number of hydrogen-bond donors (Lipinski definition) is 2. The van der Waals surface area contributed by atoms with E-state index in [9.17, 15) is 14.4 Å². The molecule has 6 heteroatoms. The molecule has 1 saturated carbocycles. The zero-order valence-corrected chi connectivity index (χ0v) is 17.5. The van der Waals surface area contributed by atoms with Gasteiger partial charge in [0.25, 0.3) is 5.91 Å². The summed E-state index contributed by atoms with van der Waals surface area (Å²) in [6.45, 7) is 5.65. The van der Waals surface area contributed by atoms with Crippen molar-refractivity contribution in [2.24, 2.45) is 5.92 Å². The highest BCUT2D eigenvalue weighted by Gasteiger charge is 2.43. The Kier molecular flexibility index (Phi) is 7.42. The van der Waals surface area contributed by atoms with Gasteiger partial charge in [0.1, 0.15) is 5.92 Å². The highest BCUT2D eigenvalue weighted by molar-refractivity contribution is 6.42. The molecular weight excluding hydrogens is 366 g/mol. The second kappa shape index (κ2) is 10.0. The number of carbonyl (C=O) groups excluding carboxylic acids is 3. The van der Waals surface area contributed by atoms with Crippen LogP contribution < -0.4 is 10.6 Å². The first-order chi connectivity index (χ1) is 14.0. The molecule has 0 spiro atoms. The number of carbonyl (C=O) groups is 3. The molecule has 1 unspecified atom stereocenters. The van der Waals surface area contributed by atoms with Crippen LogP contribution in [0.25, 0.3) is 0 Å². The van der Waals surface area contributed by atoms with Gasteiger partial charge in [0, 0.05) is 25.2 Å². The number of ketones is 1. The van der Waals surface area contributed by atoms with Gasteiger partial charge in [-0.3, -0.25) is 14.4 Å². The third kappa shape index (κ3) is 5.66. The van der Waals surface area contributed by atoms with Gasteiger partial charge in [0.15, 0.2) is 0 Å². The van der Waals surface area contributed by atoms with Gasteiger partial charge in [-0.25, -0.2) is 0 Å². The van der Waals surface area contributed by atoms with E-state index in [1.54, 1.807) is 0 Å². The molecule has 2 amide bonds. The average molecular weight is 400 g/mol. The summed E-state index contributed by atoms with van der Waals surface area (Å²) in [4.78, 5) is 38.7. The fraction of sp³-hybridized carbons (Fsp3) is 0.609. The Hall–Kier alpha value is -2.21. The second-order valence-electron chi connectivity index (χ2n) is 8.60. The molecule has 2 aliphatic rings. The van der Waals surface area contributed by atoms with E-state index in [1.165, 1.54) is 10.5 Å². The quantitative estimate of drug-likeness (QED) is 0.399. The van der Waals surface area contributed by atoms with Gasteiger partial charge in [-0.1, -0.05) is 44.2 Å². The zero-order valence-electron chi connectivity index (χ0n) is 17.5. The van der Waals surface area contributed by atoms with Crippen LogP contribution in [0.15, 0.2) is 30.3 Å². The molecule has 0 bridgehead atoms. The predicted molar refractivity (Wildman–Crippen MR) is 112 cm³/mol. The smallest absolute Gasteiger partial charge is 0.290 e. The molecule has 1 heterocycles. The maximum atomic E-state index is 12.7. The van der Waals surface area contributed by atoms with Gasteiger partial charge in [0.2, 0.25) is 11.7 Å². The second-order valence-corrected chi connectivity index (χ2v) is 8.60. The summed E-state index contributed by atoms with van der Waals surface area (Å²) in [7, 11) is 0. The Morgan fingerprint density at radius 2 is 1.79 bits per heavy atom. The van der Waals surface area contributed by atoms with E-state index in [2.05, 4.69) is 48.7 Å². The van der Waals surface area contributed by atoms with Crippen LogP contribution in [0, 0.1) is 5.92 Å². The fourth-order valence-electron chi connectivity index (χ4n) is 4.34. The number of likely N-dealkylation sites (tertiary alicyclic amines) is 1. The lowest BCUT2D eigenvalue weighted by atomic mass is 9.81. The van der Waals surface area contributed by atoms with E-state index < -0.39 is 17.6 Å². The van der Waals surface area contributed by atoms with Crippen molar-refractivity contribution in [3.8, 4) is 0 Å². The largest absolute Gasteiger partial charge is 0.353 e. The highest BCUT2D eigenvalue weighted by atomic mass is 16.2. The Labute approximate surface area is 173 Å². The SMILES string of the molecule is CC(C)NCCCN1CC(C(=O)NC2CCC(c3ccccc3)CC2)C(=O)C1=O. The predicted octanol–water partition coefficient (Wildman–Crippen LogP) is 2.24. The lowest BCUT2D eigenvalue weighted by Gasteiger charge is -2.30. The summed E-state index contributed by atoms with van der Waals surface area (Å²) in [6.07, 6.45) is 4.65. The summed E-state index contributed by atoms with van der Waals surface area (Å²) in [6, 6.07) is 11.0. The average Bonchev–Trinajstić information content (AvgIpc) is 3.01. The maximum absolute atomic E-state index is 12.7. The number of benzene rings is 1. The van der Waals surface area contributed by atoms with Crippen molar-refractivity contribution in [2.75, 3.05) is 19.6 Å². The van der Waals surface area contributed by atoms with Gasteiger partial charge in [-0.05, 0) is 50.1 Å². The lowest BCUT2D eigenvalue weighted by Crippen LogP contribution is -2.43. The van der Waals surface area contributed by atoms with E-state index in [0.717, 1.165) is 38.6 Å². The van der Waals surface area contributed by atoms with Gasteiger partial charge >= 0.3 is 0 Å². The monoisotopic (exact) mass is 399 g/mol. The molecule has 2 fully saturated rings. The number of hydrogen-bond acceptors (Lipinski definition) is 4. The zero-order chi connectivity index (χ0) is 20.8. The topological polar surface area (TPSA) is 78.5 Å². The Morgan fingerprint density at radius 1 is 1.10 bits per heavy atom. The molecule has 0 radical (unpaired) electrons. The van der Waals surface area contributed by atoms with Gasteiger partial charge in [-0.15, -0.1) is 0 Å². The lowest BCUT2D eigenvalue weighted by molar-refractivity contribution is -0.142. The highest BCUT2D eigenvalue weighted by Crippen LogP contribution is 2.32. The number of nitrogens with zero attached hydrogens (tertiary/aromatic N) is 1. The van der Waals surface area contributed by atoms with Crippen LogP contribution in [0.3, 0.4) is 0 Å². The van der Waals surface area contributed by atoms with Crippen molar-refractivity contribution in [3.05, 3.63) is 35.9 Å². The Morgan fingerprint density at radius 3 is 2.45 bits per heavy atom. The normalized spacial score (nSPS) is 24.9. The molecule has 29 heavy (non-hydrogen) atoms. The van der Waals surface area contributed by atoms with Gasteiger partial charge in [0.05, 0.1) is 0 Å². The standard InChI is InChI=1S/C23H33N3O3/c1-16(2)24-13-6-14-26-15-20(21(27)23(26)29)22(28)25-19-11-9-18(10-12-19)17-7-4-3-5-8-17/h3-5,7-8,16,18-20,24H,6,9-15H2,1-2H3,(H,25,28). The molecule has 158 valence electrons. The minimum absolute atomic E-state index is 0.0923. The molecule has 1 aliphatic heterocycles. The Bertz CT molecular complexity index is 711. The third-order valence-electron chi connectivity index (χ3n) is 6.04. The minimum atomic E-state index is -0.854. The van der Waals surface area contributed by atoms with Crippen molar-refractivity contribution >= 4 is 17.6 Å². The summed E-state index contributed by atoms with van der Waals surface area (Å²) in [5, 5.41) is 6.33. The first kappa shape index (κ1) is 21.5. The van der Waals surface area contributed by atoms with Crippen LogP contribution in [0.4, 0.5) is 0 Å². The van der Waals surface area contributed by atoms with Crippen molar-refractivity contribution in [3.63, 3.8) is 0 Å². The molecule has 1 aromatic rings. The van der Waals surface area contributed by atoms with Gasteiger partial charge in [-0.2, -0.15) is 0 Å². The number of amides is 2. The van der Waals surface area contributed by atoms with E-state index >= 15 is 0 Å². The van der Waals surface area contributed by atoms with Crippen LogP contribution in [0.5, 0.6) is 0 Å². The molecule has 1 aliphatic carbocycles. The summed E-state index contributed by atoms with van der Waals surface area (Å²) in [5.41, 5.74) is 1.36. The van der Waals surface area contributed by atoms with E-state index in [-0.39, 0.29) is 18.5 Å². The third-order valence-corrected chi connectivity index (χ3v) is 6.04. The van der Waals surface area contributed by atoms with E-state index in [0.29, 0.717) is 18.5 Å². The molecule has 1 aromatic carbocycles. The van der Waals surface area contributed by atoms with Crippen molar-refractivity contribution in [1.82, 2.24) is 15.5 Å². The minimum Gasteiger partial charge on any atom is -0.353 e. The van der Waals surface area contributed by atoms with Crippen LogP contribution in [-0.4, -0.2) is 54.2 Å². The van der Waals surface area contributed by atoms with Crippen molar-refractivity contribution < 1.29 is 14.4 Å². The molecular formula is C23H33N3O3. The van der Waals surface area contributed by atoms with Crippen molar-refractivity contribution in [1.29, 1.82) is 0 Å². The molecule has 1 saturated heterocycles. The van der Waals surface area contributed by atoms with Crippen LogP contribution >= 0.6 is 0 Å². The van der Waals surface area contributed by atoms with Crippen LogP contribution in [0.1, 0.15) is 57.4 Å². The molecule has 3 rings (SSSR count). The van der Waals surface area contributed by atoms with Crippen LogP contribution in [-0.2, 0) is 14.4 Å². The van der Waals surface area contributed by atoms with E-state index in [4.69, 9.17) is 0 Å². The van der Waals surface area contributed by atoms with Crippen molar-refractivity contribution in [2.45, 2.75) is 64.0 Å². The molecule has 2 N–H and O–H groups in total. The first-order valence-electron chi connectivity index (χ1n) is 10.9. The van der Waals surface area contributed by atoms with Crippen LogP contribution in [0.2, 0.25) is 0 Å². The Balaban J connectivity index is 1.44. The summed E-state index contributed by atoms with van der Waals surface area (Å²) >= 11 is 0. The number of nitrogens with one attached hydrogen (secondary N) is 2. The molecule has 6 nitrogen and oxygen atoms in total. The summed E-state index contributed by atoms with van der Waals surface area (Å²) < 4.78 is 0. The number of rotatable bonds is 8. The maximum Gasteiger partial charge on any atom is 0.290 e. The van der Waals surface area contributed by atoms with Gasteiger partial charge < -0.3 is 15.5 Å². The number of Topliss-reactive ketones (excluding diaryl/α,β-unsaturated/α-hetero) is 1. The fourth-order valence-corrected chi connectivity index (χ4v) is 4.34.